The van der Waals surface area contributed by atoms with Crippen LogP contribution in [0.2, 0.25) is 0 Å². The average molecular weight is 268 g/mol. The molecule has 1 aromatic carbocycles. The molecular formula is C15H25FN2O. The molecule has 0 spiro atoms. The van der Waals surface area contributed by atoms with E-state index in [0.717, 1.165) is 18.5 Å². The van der Waals surface area contributed by atoms with Crippen LogP contribution >= 0.6 is 0 Å². The first-order valence-corrected chi connectivity index (χ1v) is 6.87. The number of halogens is 1. The van der Waals surface area contributed by atoms with E-state index in [2.05, 4.69) is 12.2 Å². The highest BCUT2D eigenvalue weighted by molar-refractivity contribution is 5.49. The molecule has 2 atom stereocenters. The monoisotopic (exact) mass is 268 g/mol. The number of rotatable bonds is 7. The number of nitrogens with zero attached hydrogens (tertiary/aromatic N) is 1. The second kappa shape index (κ2) is 7.46. The Kier molecular flexibility index (Phi) is 6.25. The van der Waals surface area contributed by atoms with Crippen molar-refractivity contribution in [3.8, 4) is 0 Å². The molecule has 2 unspecified atom stereocenters. The minimum Gasteiger partial charge on any atom is -0.392 e. The molecule has 0 fully saturated rings. The van der Waals surface area contributed by atoms with E-state index < -0.39 is 6.10 Å². The number of hydrogen-bond donors (Lipinski definition) is 2. The van der Waals surface area contributed by atoms with Crippen molar-refractivity contribution < 1.29 is 9.50 Å². The van der Waals surface area contributed by atoms with Crippen molar-refractivity contribution in [2.24, 2.45) is 0 Å². The topological polar surface area (TPSA) is 35.5 Å². The molecule has 0 aliphatic heterocycles. The van der Waals surface area contributed by atoms with Gasteiger partial charge in [-0.1, -0.05) is 13.0 Å². The molecule has 108 valence electrons. The molecule has 2 N–H and O–H groups in total. The van der Waals surface area contributed by atoms with Crippen molar-refractivity contribution in [2.45, 2.75) is 39.3 Å². The van der Waals surface area contributed by atoms with Gasteiger partial charge in [0.2, 0.25) is 0 Å². The van der Waals surface area contributed by atoms with Gasteiger partial charge in [-0.2, -0.15) is 0 Å². The lowest BCUT2D eigenvalue weighted by Gasteiger charge is -2.22. The maximum atomic E-state index is 14.1. The number of nitrogens with one attached hydrogen (secondary N) is 1. The van der Waals surface area contributed by atoms with Crippen LogP contribution in [0.15, 0.2) is 18.2 Å². The number of hydrogen-bond acceptors (Lipinski definition) is 3. The quantitative estimate of drug-likeness (QED) is 0.798. The van der Waals surface area contributed by atoms with Gasteiger partial charge < -0.3 is 15.3 Å². The Balaban J connectivity index is 2.79. The van der Waals surface area contributed by atoms with Crippen LogP contribution in [-0.4, -0.2) is 31.3 Å². The fourth-order valence-electron chi connectivity index (χ4n) is 2.08. The second-order valence-corrected chi connectivity index (χ2v) is 5.12. The third-order valence-electron chi connectivity index (χ3n) is 3.12. The molecule has 4 heteroatoms. The van der Waals surface area contributed by atoms with Gasteiger partial charge in [-0.3, -0.25) is 0 Å². The minimum atomic E-state index is -0.478. The molecule has 0 radical (unpaired) electrons. The third kappa shape index (κ3) is 4.80. The zero-order chi connectivity index (χ0) is 14.4. The largest absolute Gasteiger partial charge is 0.392 e. The molecule has 0 aromatic heterocycles. The van der Waals surface area contributed by atoms with Crippen molar-refractivity contribution in [3.63, 3.8) is 0 Å². The van der Waals surface area contributed by atoms with Gasteiger partial charge in [-0.05, 0) is 44.5 Å². The summed E-state index contributed by atoms with van der Waals surface area (Å²) in [6.07, 6.45) is 0.580. The average Bonchev–Trinajstić information content (AvgIpc) is 2.34. The zero-order valence-electron chi connectivity index (χ0n) is 12.3. The van der Waals surface area contributed by atoms with E-state index in [4.69, 9.17) is 0 Å². The maximum absolute atomic E-state index is 14.1. The van der Waals surface area contributed by atoms with Crippen LogP contribution in [0, 0.1) is 5.82 Å². The van der Waals surface area contributed by atoms with Crippen molar-refractivity contribution in [2.75, 3.05) is 25.0 Å². The van der Waals surface area contributed by atoms with E-state index in [-0.39, 0.29) is 11.9 Å². The van der Waals surface area contributed by atoms with Crippen LogP contribution in [0.5, 0.6) is 0 Å². The molecule has 3 nitrogen and oxygen atoms in total. The lowest BCUT2D eigenvalue weighted by molar-refractivity contribution is 0.201. The van der Waals surface area contributed by atoms with E-state index >= 15 is 0 Å². The second-order valence-electron chi connectivity index (χ2n) is 5.12. The summed E-state index contributed by atoms with van der Waals surface area (Å²) in [5, 5.41) is 12.7. The van der Waals surface area contributed by atoms with E-state index in [1.807, 2.05) is 13.0 Å². The lowest BCUT2D eigenvalue weighted by Crippen LogP contribution is -2.27. The standard InChI is InChI=1S/C15H25FN2O/c1-5-8-17-12(3)13-6-7-15(14(16)9-13)18(4)10-11(2)19/h6-7,9,11-12,17,19H,5,8,10H2,1-4H3. The van der Waals surface area contributed by atoms with Crippen molar-refractivity contribution >= 4 is 5.69 Å². The summed E-state index contributed by atoms with van der Waals surface area (Å²) in [5.74, 6) is -0.245. The highest BCUT2D eigenvalue weighted by atomic mass is 19.1. The van der Waals surface area contributed by atoms with Gasteiger partial charge >= 0.3 is 0 Å². The van der Waals surface area contributed by atoms with Gasteiger partial charge in [0.1, 0.15) is 5.82 Å². The van der Waals surface area contributed by atoms with E-state index in [1.165, 1.54) is 0 Å². The Morgan fingerprint density at radius 3 is 2.58 bits per heavy atom. The van der Waals surface area contributed by atoms with Crippen LogP contribution in [0.4, 0.5) is 10.1 Å². The van der Waals surface area contributed by atoms with E-state index in [0.29, 0.717) is 12.2 Å². The molecule has 1 rings (SSSR count). The number of anilines is 1. The van der Waals surface area contributed by atoms with Crippen LogP contribution in [-0.2, 0) is 0 Å². The molecule has 0 amide bonds. The van der Waals surface area contributed by atoms with Crippen LogP contribution < -0.4 is 10.2 Å². The van der Waals surface area contributed by atoms with Gasteiger partial charge in [0, 0.05) is 19.6 Å². The van der Waals surface area contributed by atoms with Gasteiger partial charge in [0.15, 0.2) is 0 Å². The highest BCUT2D eigenvalue weighted by Gasteiger charge is 2.12. The van der Waals surface area contributed by atoms with Crippen LogP contribution in [0.25, 0.3) is 0 Å². The van der Waals surface area contributed by atoms with Crippen molar-refractivity contribution in [1.29, 1.82) is 0 Å². The first kappa shape index (κ1) is 15.9. The summed E-state index contributed by atoms with van der Waals surface area (Å²) >= 11 is 0. The predicted molar refractivity (Wildman–Crippen MR) is 78.1 cm³/mol. The van der Waals surface area contributed by atoms with Gasteiger partial charge in [0.05, 0.1) is 11.8 Å². The molecule has 0 heterocycles. The fraction of sp³-hybridized carbons (Fsp3) is 0.600. The van der Waals surface area contributed by atoms with Crippen molar-refractivity contribution in [1.82, 2.24) is 5.32 Å². The Hall–Kier alpha value is -1.13. The summed E-state index contributed by atoms with van der Waals surface area (Å²) in [7, 11) is 1.78. The molecular weight excluding hydrogens is 243 g/mol. The minimum absolute atomic E-state index is 0.144. The Bertz CT molecular complexity index is 396. The summed E-state index contributed by atoms with van der Waals surface area (Å²) in [6.45, 7) is 7.17. The normalized spacial score (nSPS) is 14.2. The third-order valence-corrected chi connectivity index (χ3v) is 3.12. The van der Waals surface area contributed by atoms with Gasteiger partial charge in [-0.25, -0.2) is 4.39 Å². The van der Waals surface area contributed by atoms with Crippen LogP contribution in [0.3, 0.4) is 0 Å². The molecule has 0 aliphatic carbocycles. The SMILES string of the molecule is CCCNC(C)c1ccc(N(C)CC(C)O)c(F)c1. The molecule has 0 saturated heterocycles. The first-order chi connectivity index (χ1) is 8.95. The zero-order valence-corrected chi connectivity index (χ0v) is 12.3. The van der Waals surface area contributed by atoms with E-state index in [1.54, 1.807) is 31.0 Å². The molecule has 19 heavy (non-hydrogen) atoms. The number of aliphatic hydroxyl groups is 1. The van der Waals surface area contributed by atoms with Gasteiger partial charge in [0.25, 0.3) is 0 Å². The summed E-state index contributed by atoms with van der Waals surface area (Å²) in [6, 6.07) is 5.42. The number of benzene rings is 1. The highest BCUT2D eigenvalue weighted by Crippen LogP contribution is 2.22. The molecule has 0 saturated carbocycles. The Morgan fingerprint density at radius 1 is 1.37 bits per heavy atom. The fourth-order valence-corrected chi connectivity index (χ4v) is 2.08. The smallest absolute Gasteiger partial charge is 0.146 e. The van der Waals surface area contributed by atoms with Crippen LogP contribution in [0.1, 0.15) is 38.8 Å². The summed E-state index contributed by atoms with van der Waals surface area (Å²) in [4.78, 5) is 1.73. The predicted octanol–water partition coefficient (Wildman–Crippen LogP) is 2.70. The Morgan fingerprint density at radius 2 is 2.05 bits per heavy atom. The summed E-state index contributed by atoms with van der Waals surface area (Å²) < 4.78 is 14.1. The maximum Gasteiger partial charge on any atom is 0.146 e. The molecule has 0 aliphatic rings. The van der Waals surface area contributed by atoms with Crippen molar-refractivity contribution in [3.05, 3.63) is 29.6 Å². The molecule has 1 aromatic rings. The number of likely N-dealkylation sites (N-methyl/N-ethyl adjacent to an activating group) is 1. The van der Waals surface area contributed by atoms with Gasteiger partial charge in [-0.15, -0.1) is 0 Å². The number of aliphatic hydroxyl groups excluding tert-OH is 1. The van der Waals surface area contributed by atoms with E-state index in [9.17, 15) is 9.50 Å². The first-order valence-electron chi connectivity index (χ1n) is 6.87. The lowest BCUT2D eigenvalue weighted by atomic mass is 10.1. The molecule has 0 bridgehead atoms. The summed E-state index contributed by atoms with van der Waals surface area (Å²) in [5.41, 5.74) is 1.47. The Labute approximate surface area is 115 Å².